The normalized spacial score (nSPS) is 19.6. The predicted molar refractivity (Wildman–Crippen MR) is 120 cm³/mol. The minimum Gasteiger partial charge on any atom is -0.373 e. The van der Waals surface area contributed by atoms with Crippen molar-refractivity contribution in [2.75, 3.05) is 19.7 Å². The molecule has 1 unspecified atom stereocenters. The minimum atomic E-state index is -0.0865. The van der Waals surface area contributed by atoms with E-state index in [1.54, 1.807) is 0 Å². The zero-order valence-electron chi connectivity index (χ0n) is 16.1. The number of benzene rings is 1. The monoisotopic (exact) mass is 483 g/mol. The van der Waals surface area contributed by atoms with Crippen molar-refractivity contribution in [3.05, 3.63) is 53.9 Å². The molecule has 0 bridgehead atoms. The van der Waals surface area contributed by atoms with Crippen molar-refractivity contribution < 1.29 is 4.74 Å². The molecule has 7 heteroatoms. The Morgan fingerprint density at radius 2 is 2.07 bits per heavy atom. The number of ether oxygens (including phenoxy) is 1. The van der Waals surface area contributed by atoms with Crippen LogP contribution in [0.1, 0.15) is 37.8 Å². The van der Waals surface area contributed by atoms with Crippen molar-refractivity contribution >= 4 is 29.9 Å². The lowest BCUT2D eigenvalue weighted by atomic mass is 10.0. The van der Waals surface area contributed by atoms with Crippen LogP contribution in [0.4, 0.5) is 0 Å². The van der Waals surface area contributed by atoms with Gasteiger partial charge in [-0.1, -0.05) is 30.3 Å². The summed E-state index contributed by atoms with van der Waals surface area (Å²) in [4.78, 5) is 4.68. The Bertz CT molecular complexity index is 710. The number of guanidine groups is 1. The molecule has 0 amide bonds. The molecular formula is C20H30IN5O. The third-order valence-electron chi connectivity index (χ3n) is 4.57. The smallest absolute Gasteiger partial charge is 0.191 e. The fraction of sp³-hybridized carbons (Fsp3) is 0.500. The molecule has 1 aliphatic rings. The van der Waals surface area contributed by atoms with Crippen molar-refractivity contribution in [2.24, 2.45) is 4.99 Å². The Hall–Kier alpha value is -1.61. The van der Waals surface area contributed by atoms with Gasteiger partial charge in [-0.05, 0) is 32.3 Å². The standard InChI is InChI=1S/C20H29N5O.HI/c1-3-21-19(23-16-20(2)10-7-11-26-20)22-12-18-13-24-25(15-18)14-17-8-5-4-6-9-17;/h4-6,8-9,13,15H,3,7,10-12,14,16H2,1-2H3,(H2,21,22,23);1H. The molecule has 0 saturated carbocycles. The van der Waals surface area contributed by atoms with Crippen molar-refractivity contribution in [2.45, 2.75) is 45.4 Å². The van der Waals surface area contributed by atoms with Gasteiger partial charge in [0.25, 0.3) is 0 Å². The summed E-state index contributed by atoms with van der Waals surface area (Å²) in [6.45, 7) is 8.06. The van der Waals surface area contributed by atoms with Crippen LogP contribution in [0.3, 0.4) is 0 Å². The number of aliphatic imine (C=N–C) groups is 1. The highest BCUT2D eigenvalue weighted by Crippen LogP contribution is 2.23. The zero-order valence-corrected chi connectivity index (χ0v) is 18.5. The summed E-state index contributed by atoms with van der Waals surface area (Å²) < 4.78 is 7.79. The molecule has 1 fully saturated rings. The maximum absolute atomic E-state index is 5.83. The summed E-state index contributed by atoms with van der Waals surface area (Å²) in [6, 6.07) is 10.3. The molecule has 3 rings (SSSR count). The zero-order chi connectivity index (χ0) is 18.2. The Balaban J connectivity index is 0.00000261. The summed E-state index contributed by atoms with van der Waals surface area (Å²) in [6.07, 6.45) is 6.16. The largest absolute Gasteiger partial charge is 0.373 e. The van der Waals surface area contributed by atoms with Gasteiger partial charge in [0.2, 0.25) is 0 Å². The van der Waals surface area contributed by atoms with Gasteiger partial charge in [-0.3, -0.25) is 4.68 Å². The van der Waals surface area contributed by atoms with Gasteiger partial charge in [-0.2, -0.15) is 5.10 Å². The molecule has 1 atom stereocenters. The van der Waals surface area contributed by atoms with E-state index in [-0.39, 0.29) is 29.6 Å². The highest BCUT2D eigenvalue weighted by molar-refractivity contribution is 14.0. The highest BCUT2D eigenvalue weighted by atomic mass is 127. The van der Waals surface area contributed by atoms with Crippen LogP contribution in [0.25, 0.3) is 0 Å². The van der Waals surface area contributed by atoms with Crippen LogP contribution in [0, 0.1) is 0 Å². The molecule has 1 aromatic carbocycles. The van der Waals surface area contributed by atoms with Crippen LogP contribution in [0.2, 0.25) is 0 Å². The molecule has 27 heavy (non-hydrogen) atoms. The number of hydrogen-bond acceptors (Lipinski definition) is 3. The van der Waals surface area contributed by atoms with Crippen molar-refractivity contribution in [3.8, 4) is 0 Å². The van der Waals surface area contributed by atoms with E-state index < -0.39 is 0 Å². The Morgan fingerprint density at radius 3 is 2.78 bits per heavy atom. The number of nitrogens with zero attached hydrogens (tertiary/aromatic N) is 3. The van der Waals surface area contributed by atoms with Gasteiger partial charge in [0.15, 0.2) is 5.96 Å². The molecule has 6 nitrogen and oxygen atoms in total. The van der Waals surface area contributed by atoms with E-state index >= 15 is 0 Å². The van der Waals surface area contributed by atoms with Crippen LogP contribution in [0.5, 0.6) is 0 Å². The van der Waals surface area contributed by atoms with Crippen LogP contribution < -0.4 is 10.6 Å². The first-order valence-corrected chi connectivity index (χ1v) is 9.38. The third kappa shape index (κ3) is 6.80. The van der Waals surface area contributed by atoms with Crippen LogP contribution >= 0.6 is 24.0 Å². The molecule has 0 aliphatic carbocycles. The molecule has 0 spiro atoms. The molecule has 2 aromatic rings. The molecule has 1 saturated heterocycles. The van der Waals surface area contributed by atoms with E-state index in [4.69, 9.17) is 4.74 Å². The quantitative estimate of drug-likeness (QED) is 0.361. The van der Waals surface area contributed by atoms with Gasteiger partial charge >= 0.3 is 0 Å². The van der Waals surface area contributed by atoms with Crippen LogP contribution in [-0.4, -0.2) is 41.0 Å². The van der Waals surface area contributed by atoms with Gasteiger partial charge in [-0.25, -0.2) is 4.99 Å². The molecule has 0 radical (unpaired) electrons. The summed E-state index contributed by atoms with van der Waals surface area (Å²) in [7, 11) is 0. The Kier molecular flexibility index (Phi) is 8.56. The topological polar surface area (TPSA) is 63.5 Å². The molecule has 2 N–H and O–H groups in total. The second-order valence-corrected chi connectivity index (χ2v) is 6.98. The average Bonchev–Trinajstić information content (AvgIpc) is 3.28. The first-order chi connectivity index (χ1) is 12.7. The molecular weight excluding hydrogens is 453 g/mol. The van der Waals surface area contributed by atoms with E-state index in [1.165, 1.54) is 5.56 Å². The van der Waals surface area contributed by atoms with Crippen molar-refractivity contribution in [3.63, 3.8) is 0 Å². The highest BCUT2D eigenvalue weighted by Gasteiger charge is 2.29. The fourth-order valence-electron chi connectivity index (χ4n) is 3.10. The van der Waals surface area contributed by atoms with E-state index in [0.717, 1.165) is 50.6 Å². The number of halogens is 1. The fourth-order valence-corrected chi connectivity index (χ4v) is 3.10. The van der Waals surface area contributed by atoms with Crippen LogP contribution in [-0.2, 0) is 17.8 Å². The first kappa shape index (κ1) is 21.7. The number of rotatable bonds is 7. The Morgan fingerprint density at radius 1 is 1.26 bits per heavy atom. The first-order valence-electron chi connectivity index (χ1n) is 9.38. The second-order valence-electron chi connectivity index (χ2n) is 6.98. The molecule has 1 aliphatic heterocycles. The van der Waals surface area contributed by atoms with Gasteiger partial charge in [0.05, 0.1) is 24.9 Å². The SMILES string of the molecule is CCNC(=NCc1cnn(Cc2ccccc2)c1)NCC1(C)CCCO1.I. The summed E-state index contributed by atoms with van der Waals surface area (Å²) >= 11 is 0. The van der Waals surface area contributed by atoms with Gasteiger partial charge in [0, 0.05) is 31.5 Å². The summed E-state index contributed by atoms with van der Waals surface area (Å²) in [5.41, 5.74) is 2.25. The van der Waals surface area contributed by atoms with Crippen LogP contribution in [0.15, 0.2) is 47.7 Å². The van der Waals surface area contributed by atoms with Crippen molar-refractivity contribution in [1.82, 2.24) is 20.4 Å². The average molecular weight is 483 g/mol. The van der Waals surface area contributed by atoms with Gasteiger partial charge < -0.3 is 15.4 Å². The van der Waals surface area contributed by atoms with E-state index in [9.17, 15) is 0 Å². The van der Waals surface area contributed by atoms with Gasteiger partial charge in [0.1, 0.15) is 0 Å². The van der Waals surface area contributed by atoms with E-state index in [0.29, 0.717) is 6.54 Å². The number of nitrogens with one attached hydrogen (secondary N) is 2. The van der Waals surface area contributed by atoms with Gasteiger partial charge in [-0.15, -0.1) is 24.0 Å². The Labute approximate surface area is 178 Å². The summed E-state index contributed by atoms with van der Waals surface area (Å²) in [5, 5.41) is 11.1. The lowest BCUT2D eigenvalue weighted by molar-refractivity contribution is 0.0243. The minimum absolute atomic E-state index is 0. The lowest BCUT2D eigenvalue weighted by Gasteiger charge is -2.24. The summed E-state index contributed by atoms with van der Waals surface area (Å²) in [5.74, 6) is 0.819. The second kappa shape index (κ2) is 10.7. The number of aromatic nitrogens is 2. The molecule has 148 valence electrons. The predicted octanol–water partition coefficient (Wildman–Crippen LogP) is 3.17. The third-order valence-corrected chi connectivity index (χ3v) is 4.57. The maximum atomic E-state index is 5.83. The molecule has 2 heterocycles. The van der Waals surface area contributed by atoms with Crippen molar-refractivity contribution in [1.29, 1.82) is 0 Å². The van der Waals surface area contributed by atoms with E-state index in [2.05, 4.69) is 52.9 Å². The number of hydrogen-bond donors (Lipinski definition) is 2. The molecule has 1 aromatic heterocycles. The van der Waals surface area contributed by atoms with E-state index in [1.807, 2.05) is 29.1 Å². The lowest BCUT2D eigenvalue weighted by Crippen LogP contribution is -2.45. The maximum Gasteiger partial charge on any atom is 0.191 e.